The van der Waals surface area contributed by atoms with Gasteiger partial charge in [-0.15, -0.1) is 0 Å². The number of hydrogen-bond donors (Lipinski definition) is 2. The topological polar surface area (TPSA) is 55.1 Å². The van der Waals surface area contributed by atoms with Crippen molar-refractivity contribution < 1.29 is 4.79 Å². The van der Waals surface area contributed by atoms with Crippen molar-refractivity contribution in [3.8, 4) is 0 Å². The van der Waals surface area contributed by atoms with Gasteiger partial charge in [0.15, 0.2) is 0 Å². The fraction of sp³-hybridized carbons (Fsp3) is 0.0714. The van der Waals surface area contributed by atoms with Crippen LogP contribution in [0.3, 0.4) is 0 Å². The van der Waals surface area contributed by atoms with Crippen LogP contribution in [0.15, 0.2) is 48.5 Å². The Morgan fingerprint density at radius 1 is 1.11 bits per heavy atom. The summed E-state index contributed by atoms with van der Waals surface area (Å²) in [6, 6.07) is 14.7. The number of para-hydroxylation sites is 1. The van der Waals surface area contributed by atoms with Gasteiger partial charge in [-0.1, -0.05) is 41.9 Å². The highest BCUT2D eigenvalue weighted by molar-refractivity contribution is 6.31. The van der Waals surface area contributed by atoms with E-state index >= 15 is 0 Å². The number of nitrogens with two attached hydrogens (primary N) is 1. The monoisotopic (exact) mass is 260 g/mol. The lowest BCUT2D eigenvalue weighted by Gasteiger charge is -2.10. The molecule has 0 spiro atoms. The number of primary amides is 1. The lowest BCUT2D eigenvalue weighted by molar-refractivity contribution is 0.100. The van der Waals surface area contributed by atoms with Crippen LogP contribution in [0.25, 0.3) is 0 Å². The lowest BCUT2D eigenvalue weighted by Crippen LogP contribution is -2.14. The van der Waals surface area contributed by atoms with E-state index in [0.717, 1.165) is 5.56 Å². The third-order valence-electron chi connectivity index (χ3n) is 2.62. The Morgan fingerprint density at radius 2 is 1.78 bits per heavy atom. The van der Waals surface area contributed by atoms with Gasteiger partial charge >= 0.3 is 0 Å². The van der Waals surface area contributed by atoms with Crippen molar-refractivity contribution in [2.45, 2.75) is 6.54 Å². The Labute approximate surface area is 111 Å². The van der Waals surface area contributed by atoms with Gasteiger partial charge in [0.1, 0.15) is 0 Å². The van der Waals surface area contributed by atoms with Gasteiger partial charge < -0.3 is 11.1 Å². The van der Waals surface area contributed by atoms with Crippen LogP contribution in [0.4, 0.5) is 5.69 Å². The van der Waals surface area contributed by atoms with Crippen molar-refractivity contribution in [1.29, 1.82) is 0 Å². The van der Waals surface area contributed by atoms with Crippen molar-refractivity contribution >= 4 is 23.2 Å². The zero-order chi connectivity index (χ0) is 13.0. The molecule has 0 heterocycles. The molecule has 18 heavy (non-hydrogen) atoms. The molecular formula is C14H13ClN2O. The van der Waals surface area contributed by atoms with Crippen LogP contribution in [0.2, 0.25) is 5.02 Å². The summed E-state index contributed by atoms with van der Waals surface area (Å²) < 4.78 is 0. The van der Waals surface area contributed by atoms with Gasteiger partial charge in [0.05, 0.1) is 5.56 Å². The normalized spacial score (nSPS) is 10.1. The molecule has 2 aromatic rings. The molecule has 4 heteroatoms. The van der Waals surface area contributed by atoms with E-state index in [1.54, 1.807) is 12.1 Å². The highest BCUT2D eigenvalue weighted by atomic mass is 35.5. The Balaban J connectivity index is 2.16. The number of carbonyl (C=O) groups excluding carboxylic acids is 1. The largest absolute Gasteiger partial charge is 0.380 e. The van der Waals surface area contributed by atoms with Crippen LogP contribution < -0.4 is 11.1 Å². The van der Waals surface area contributed by atoms with E-state index in [9.17, 15) is 4.79 Å². The van der Waals surface area contributed by atoms with Crippen molar-refractivity contribution in [1.82, 2.24) is 0 Å². The van der Waals surface area contributed by atoms with E-state index in [1.807, 2.05) is 36.4 Å². The first kappa shape index (κ1) is 12.5. The highest BCUT2D eigenvalue weighted by Crippen LogP contribution is 2.19. The predicted molar refractivity (Wildman–Crippen MR) is 73.7 cm³/mol. The average Bonchev–Trinajstić information content (AvgIpc) is 2.38. The van der Waals surface area contributed by atoms with Crippen LogP contribution in [-0.4, -0.2) is 5.91 Å². The van der Waals surface area contributed by atoms with Crippen LogP contribution in [-0.2, 0) is 6.54 Å². The minimum Gasteiger partial charge on any atom is -0.380 e. The van der Waals surface area contributed by atoms with Crippen LogP contribution >= 0.6 is 11.6 Å². The van der Waals surface area contributed by atoms with Gasteiger partial charge in [0, 0.05) is 17.3 Å². The van der Waals surface area contributed by atoms with Crippen LogP contribution in [0.5, 0.6) is 0 Å². The summed E-state index contributed by atoms with van der Waals surface area (Å²) in [7, 11) is 0. The highest BCUT2D eigenvalue weighted by Gasteiger charge is 2.07. The number of halogens is 1. The molecular weight excluding hydrogens is 248 g/mol. The molecule has 2 rings (SSSR count). The molecule has 2 aromatic carbocycles. The standard InChI is InChI=1S/C14H13ClN2O/c15-12-7-3-1-5-10(12)9-17-13-8-4-2-6-11(13)14(16)18/h1-8,17H,9H2,(H2,16,18). The zero-order valence-corrected chi connectivity index (χ0v) is 10.4. The summed E-state index contributed by atoms with van der Waals surface area (Å²) in [6.07, 6.45) is 0. The minimum absolute atomic E-state index is 0.447. The second-order valence-corrected chi connectivity index (χ2v) is 4.26. The van der Waals surface area contributed by atoms with Crippen molar-refractivity contribution in [2.24, 2.45) is 5.73 Å². The maximum absolute atomic E-state index is 11.3. The van der Waals surface area contributed by atoms with Gasteiger partial charge in [0.25, 0.3) is 5.91 Å². The predicted octanol–water partition coefficient (Wildman–Crippen LogP) is 3.05. The molecule has 0 aliphatic rings. The molecule has 0 radical (unpaired) electrons. The maximum atomic E-state index is 11.3. The van der Waals surface area contributed by atoms with Gasteiger partial charge in [-0.25, -0.2) is 0 Å². The molecule has 92 valence electrons. The van der Waals surface area contributed by atoms with Crippen molar-refractivity contribution in [3.05, 3.63) is 64.7 Å². The molecule has 0 aliphatic heterocycles. The first-order valence-corrected chi connectivity index (χ1v) is 5.92. The average molecular weight is 261 g/mol. The number of hydrogen-bond acceptors (Lipinski definition) is 2. The summed E-state index contributed by atoms with van der Waals surface area (Å²) in [6.45, 7) is 0.546. The quantitative estimate of drug-likeness (QED) is 0.888. The fourth-order valence-corrected chi connectivity index (χ4v) is 1.89. The second kappa shape index (κ2) is 5.56. The van der Waals surface area contributed by atoms with E-state index in [2.05, 4.69) is 5.32 Å². The molecule has 0 fully saturated rings. The van der Waals surface area contributed by atoms with E-state index in [4.69, 9.17) is 17.3 Å². The molecule has 0 saturated heterocycles. The summed E-state index contributed by atoms with van der Waals surface area (Å²) in [5, 5.41) is 3.86. The molecule has 3 nitrogen and oxygen atoms in total. The first-order chi connectivity index (χ1) is 8.68. The zero-order valence-electron chi connectivity index (χ0n) is 9.69. The summed E-state index contributed by atoms with van der Waals surface area (Å²) in [5.41, 5.74) is 7.47. The first-order valence-electron chi connectivity index (χ1n) is 5.54. The van der Waals surface area contributed by atoms with Gasteiger partial charge in [-0.2, -0.15) is 0 Å². The number of amides is 1. The van der Waals surface area contributed by atoms with Crippen molar-refractivity contribution in [3.63, 3.8) is 0 Å². The SMILES string of the molecule is NC(=O)c1ccccc1NCc1ccccc1Cl. The number of nitrogens with one attached hydrogen (secondary N) is 1. The fourth-order valence-electron chi connectivity index (χ4n) is 1.68. The molecule has 3 N–H and O–H groups in total. The number of carbonyl (C=O) groups is 1. The summed E-state index contributed by atoms with van der Waals surface area (Å²) >= 11 is 6.06. The molecule has 0 aliphatic carbocycles. The third kappa shape index (κ3) is 2.81. The Kier molecular flexibility index (Phi) is 3.85. The lowest BCUT2D eigenvalue weighted by atomic mass is 10.1. The van der Waals surface area contributed by atoms with Crippen LogP contribution in [0.1, 0.15) is 15.9 Å². The molecule has 0 atom stereocenters. The molecule has 0 bridgehead atoms. The molecule has 0 saturated carbocycles. The summed E-state index contributed by atoms with van der Waals surface area (Å²) in [4.78, 5) is 11.3. The second-order valence-electron chi connectivity index (χ2n) is 3.85. The van der Waals surface area contributed by atoms with Gasteiger partial charge in [-0.05, 0) is 23.8 Å². The molecule has 1 amide bonds. The van der Waals surface area contributed by atoms with E-state index in [-0.39, 0.29) is 0 Å². The smallest absolute Gasteiger partial charge is 0.250 e. The van der Waals surface area contributed by atoms with Gasteiger partial charge in [0.2, 0.25) is 0 Å². The van der Waals surface area contributed by atoms with Crippen molar-refractivity contribution in [2.75, 3.05) is 5.32 Å². The number of benzene rings is 2. The van der Waals surface area contributed by atoms with Crippen LogP contribution in [0, 0.1) is 0 Å². The third-order valence-corrected chi connectivity index (χ3v) is 2.99. The maximum Gasteiger partial charge on any atom is 0.250 e. The van der Waals surface area contributed by atoms with E-state index < -0.39 is 5.91 Å². The van der Waals surface area contributed by atoms with E-state index in [0.29, 0.717) is 22.8 Å². The van der Waals surface area contributed by atoms with Gasteiger partial charge in [-0.3, -0.25) is 4.79 Å². The number of rotatable bonds is 4. The Hall–Kier alpha value is -2.00. The Morgan fingerprint density at radius 3 is 2.50 bits per heavy atom. The minimum atomic E-state index is -0.447. The Bertz CT molecular complexity index is 569. The number of anilines is 1. The van der Waals surface area contributed by atoms with E-state index in [1.165, 1.54) is 0 Å². The summed E-state index contributed by atoms with van der Waals surface area (Å²) in [5.74, 6) is -0.447. The molecule has 0 unspecified atom stereocenters. The molecule has 0 aromatic heterocycles.